The standard InChI is InChI=1S/C20H20O11/c1-28-10-3-2-8(22)14-16(25)13-9(23)4-7(5-11(13)30-19(10)14)29-20-18(27)17(26)15(24)12(6-21)31-20/h2-5,12,15,17-18,20-24,26-27H,6H2,1H3. The summed E-state index contributed by atoms with van der Waals surface area (Å²) in [5.74, 6) is -0.815. The second-order valence-electron chi connectivity index (χ2n) is 7.05. The van der Waals surface area contributed by atoms with Gasteiger partial charge in [-0.15, -0.1) is 0 Å². The highest BCUT2D eigenvalue weighted by Gasteiger charge is 2.44. The number of aliphatic hydroxyl groups is 4. The summed E-state index contributed by atoms with van der Waals surface area (Å²) >= 11 is 0. The van der Waals surface area contributed by atoms with Crippen LogP contribution in [0.3, 0.4) is 0 Å². The zero-order valence-corrected chi connectivity index (χ0v) is 16.1. The second-order valence-corrected chi connectivity index (χ2v) is 7.05. The quantitative estimate of drug-likeness (QED) is 0.292. The van der Waals surface area contributed by atoms with E-state index in [0.717, 1.165) is 6.07 Å². The molecule has 6 N–H and O–H groups in total. The molecule has 1 saturated heterocycles. The van der Waals surface area contributed by atoms with E-state index in [-0.39, 0.29) is 39.2 Å². The highest BCUT2D eigenvalue weighted by Crippen LogP contribution is 2.37. The van der Waals surface area contributed by atoms with Gasteiger partial charge in [0, 0.05) is 12.1 Å². The van der Waals surface area contributed by atoms with Crippen molar-refractivity contribution in [2.45, 2.75) is 30.7 Å². The van der Waals surface area contributed by atoms with Gasteiger partial charge >= 0.3 is 0 Å². The van der Waals surface area contributed by atoms with Gasteiger partial charge in [0.1, 0.15) is 58.0 Å². The fourth-order valence-corrected chi connectivity index (χ4v) is 3.52. The number of hydrogen-bond acceptors (Lipinski definition) is 11. The number of methoxy groups -OCH3 is 1. The molecule has 11 nitrogen and oxygen atoms in total. The molecule has 0 aliphatic carbocycles. The van der Waals surface area contributed by atoms with Crippen LogP contribution in [0.4, 0.5) is 0 Å². The van der Waals surface area contributed by atoms with E-state index in [0.29, 0.717) is 0 Å². The molecule has 0 bridgehead atoms. The molecule has 166 valence electrons. The molecule has 1 aromatic heterocycles. The van der Waals surface area contributed by atoms with Crippen LogP contribution in [-0.2, 0) is 4.74 Å². The Labute approximate surface area is 173 Å². The summed E-state index contributed by atoms with van der Waals surface area (Å²) in [5.41, 5.74) is -0.866. The predicted molar refractivity (Wildman–Crippen MR) is 104 cm³/mol. The number of hydrogen-bond donors (Lipinski definition) is 6. The lowest BCUT2D eigenvalue weighted by atomic mass is 9.99. The summed E-state index contributed by atoms with van der Waals surface area (Å²) in [6, 6.07) is 4.96. The van der Waals surface area contributed by atoms with Crippen LogP contribution in [0.25, 0.3) is 21.9 Å². The molecule has 0 saturated carbocycles. The maximum Gasteiger partial charge on any atom is 0.229 e. The molecule has 5 unspecified atom stereocenters. The van der Waals surface area contributed by atoms with Crippen LogP contribution < -0.4 is 14.9 Å². The predicted octanol–water partition coefficient (Wildman–Crippen LogP) is -0.455. The SMILES string of the molecule is COc1ccc(O)c2c(=O)c3c(O)cc(OC4OC(CO)C(O)C(O)C4O)cc3oc12. The Balaban J connectivity index is 1.80. The first-order valence-electron chi connectivity index (χ1n) is 9.23. The Hall–Kier alpha value is -3.09. The number of aromatic hydroxyl groups is 2. The average Bonchev–Trinajstić information content (AvgIpc) is 2.74. The fraction of sp³-hybridized carbons (Fsp3) is 0.350. The summed E-state index contributed by atoms with van der Waals surface area (Å²) in [6.45, 7) is -0.641. The molecule has 1 aliphatic heterocycles. The molecule has 0 amide bonds. The van der Waals surface area contributed by atoms with E-state index in [2.05, 4.69) is 0 Å². The molecule has 0 radical (unpaired) electrons. The summed E-state index contributed by atoms with van der Waals surface area (Å²) in [7, 11) is 1.35. The van der Waals surface area contributed by atoms with Gasteiger partial charge in [0.2, 0.25) is 11.7 Å². The molecular formula is C20H20O11. The van der Waals surface area contributed by atoms with Crippen LogP contribution in [0.2, 0.25) is 0 Å². The largest absolute Gasteiger partial charge is 0.507 e. The van der Waals surface area contributed by atoms with Gasteiger partial charge in [-0.05, 0) is 12.1 Å². The van der Waals surface area contributed by atoms with Gasteiger partial charge in [-0.1, -0.05) is 0 Å². The Bertz CT molecular complexity index is 1190. The van der Waals surface area contributed by atoms with Crippen LogP contribution in [0.15, 0.2) is 33.5 Å². The number of rotatable bonds is 4. The topological polar surface area (TPSA) is 179 Å². The number of phenolic OH excluding ortho intramolecular Hbond substituents is 2. The minimum atomic E-state index is -1.67. The van der Waals surface area contributed by atoms with E-state index in [9.17, 15) is 35.4 Å². The molecule has 2 heterocycles. The van der Waals surface area contributed by atoms with E-state index in [1.807, 2.05) is 0 Å². The summed E-state index contributed by atoms with van der Waals surface area (Å²) < 4.78 is 21.6. The van der Waals surface area contributed by atoms with Gasteiger partial charge in [-0.2, -0.15) is 0 Å². The van der Waals surface area contributed by atoms with Crippen LogP contribution in [-0.4, -0.2) is 75.1 Å². The molecule has 5 atom stereocenters. The molecular weight excluding hydrogens is 416 g/mol. The van der Waals surface area contributed by atoms with Gasteiger partial charge in [0.15, 0.2) is 11.3 Å². The van der Waals surface area contributed by atoms with Crippen LogP contribution in [0.5, 0.6) is 23.0 Å². The molecule has 2 aromatic carbocycles. The third-order valence-electron chi connectivity index (χ3n) is 5.14. The molecule has 31 heavy (non-hydrogen) atoms. The Morgan fingerprint density at radius 3 is 2.42 bits per heavy atom. The van der Waals surface area contributed by atoms with Crippen LogP contribution in [0.1, 0.15) is 0 Å². The van der Waals surface area contributed by atoms with Gasteiger partial charge in [0.05, 0.1) is 13.7 Å². The van der Waals surface area contributed by atoms with Gasteiger partial charge in [-0.3, -0.25) is 4.79 Å². The second kappa shape index (κ2) is 7.87. The van der Waals surface area contributed by atoms with Gasteiger partial charge in [0.25, 0.3) is 0 Å². The van der Waals surface area contributed by atoms with Crippen molar-refractivity contribution in [3.63, 3.8) is 0 Å². The van der Waals surface area contributed by atoms with Crippen LogP contribution >= 0.6 is 0 Å². The highest BCUT2D eigenvalue weighted by atomic mass is 16.7. The number of phenols is 2. The molecule has 1 fully saturated rings. The van der Waals surface area contributed by atoms with E-state index < -0.39 is 48.5 Å². The lowest BCUT2D eigenvalue weighted by Gasteiger charge is -2.39. The first-order valence-corrected chi connectivity index (χ1v) is 9.23. The first kappa shape index (κ1) is 21.2. The summed E-state index contributed by atoms with van der Waals surface area (Å²) in [6.07, 6.45) is -7.57. The van der Waals surface area contributed by atoms with Crippen molar-refractivity contribution >= 4 is 21.9 Å². The van der Waals surface area contributed by atoms with Crippen molar-refractivity contribution < 1.29 is 49.3 Å². The molecule has 0 spiro atoms. The van der Waals surface area contributed by atoms with E-state index >= 15 is 0 Å². The van der Waals surface area contributed by atoms with E-state index in [1.165, 1.54) is 25.3 Å². The minimum absolute atomic E-state index is 0.0515. The molecule has 3 aromatic rings. The summed E-state index contributed by atoms with van der Waals surface area (Å²) in [5, 5.41) is 59.3. The smallest absolute Gasteiger partial charge is 0.229 e. The van der Waals surface area contributed by atoms with Crippen LogP contribution in [0, 0.1) is 0 Å². The normalized spacial score (nSPS) is 26.3. The van der Waals surface area contributed by atoms with Crippen molar-refractivity contribution in [2.24, 2.45) is 0 Å². The molecule has 11 heteroatoms. The van der Waals surface area contributed by atoms with E-state index in [1.54, 1.807) is 0 Å². The zero-order chi connectivity index (χ0) is 22.4. The number of aliphatic hydroxyl groups excluding tert-OH is 4. The maximum absolute atomic E-state index is 12.9. The lowest BCUT2D eigenvalue weighted by molar-refractivity contribution is -0.277. The Morgan fingerprint density at radius 1 is 1.00 bits per heavy atom. The monoisotopic (exact) mass is 436 g/mol. The first-order chi connectivity index (χ1) is 14.8. The minimum Gasteiger partial charge on any atom is -0.507 e. The Kier molecular flexibility index (Phi) is 5.37. The fourth-order valence-electron chi connectivity index (χ4n) is 3.52. The van der Waals surface area contributed by atoms with E-state index in [4.69, 9.17) is 18.6 Å². The Morgan fingerprint density at radius 2 is 1.74 bits per heavy atom. The third-order valence-corrected chi connectivity index (χ3v) is 5.14. The average molecular weight is 436 g/mol. The number of ether oxygens (including phenoxy) is 3. The third kappa shape index (κ3) is 3.42. The van der Waals surface area contributed by atoms with Gasteiger partial charge in [-0.25, -0.2) is 0 Å². The number of benzene rings is 2. The molecule has 1 aliphatic rings. The number of fused-ring (bicyclic) bond motifs is 2. The van der Waals surface area contributed by atoms with Crippen molar-refractivity contribution in [1.29, 1.82) is 0 Å². The zero-order valence-electron chi connectivity index (χ0n) is 16.1. The van der Waals surface area contributed by atoms with Crippen molar-refractivity contribution in [2.75, 3.05) is 13.7 Å². The molecule has 4 rings (SSSR count). The lowest BCUT2D eigenvalue weighted by Crippen LogP contribution is -2.60. The van der Waals surface area contributed by atoms with Crippen molar-refractivity contribution in [3.05, 3.63) is 34.5 Å². The van der Waals surface area contributed by atoms with Crippen molar-refractivity contribution in [3.8, 4) is 23.0 Å². The van der Waals surface area contributed by atoms with Gasteiger partial charge < -0.3 is 49.3 Å². The summed E-state index contributed by atoms with van der Waals surface area (Å²) in [4.78, 5) is 12.9. The van der Waals surface area contributed by atoms with Crippen molar-refractivity contribution in [1.82, 2.24) is 0 Å². The highest BCUT2D eigenvalue weighted by molar-refractivity contribution is 5.98. The maximum atomic E-state index is 12.9.